The molecule has 1 heterocycles. The van der Waals surface area contributed by atoms with Crippen molar-refractivity contribution in [3.05, 3.63) is 28.0 Å². The van der Waals surface area contributed by atoms with Crippen LogP contribution in [0.3, 0.4) is 0 Å². The van der Waals surface area contributed by atoms with E-state index in [-0.39, 0.29) is 28.1 Å². The van der Waals surface area contributed by atoms with Gasteiger partial charge in [0.05, 0.1) is 10.6 Å². The summed E-state index contributed by atoms with van der Waals surface area (Å²) in [6, 6.07) is 1.49. The van der Waals surface area contributed by atoms with Crippen LogP contribution in [0.15, 0.2) is 12.3 Å². The van der Waals surface area contributed by atoms with E-state index in [1.165, 1.54) is 12.3 Å². The van der Waals surface area contributed by atoms with E-state index < -0.39 is 0 Å². The van der Waals surface area contributed by atoms with Gasteiger partial charge >= 0.3 is 0 Å². The van der Waals surface area contributed by atoms with Crippen LogP contribution in [0.1, 0.15) is 37.0 Å². The van der Waals surface area contributed by atoms with Crippen molar-refractivity contribution >= 4 is 29.1 Å². The number of halogens is 2. The summed E-state index contributed by atoms with van der Waals surface area (Å²) in [5.41, 5.74) is 0.314. The van der Waals surface area contributed by atoms with Gasteiger partial charge in [0, 0.05) is 19.3 Å². The van der Waals surface area contributed by atoms with Gasteiger partial charge in [0.15, 0.2) is 0 Å². The van der Waals surface area contributed by atoms with Gasteiger partial charge in [0.25, 0.3) is 5.91 Å². The number of amides is 1. The standard InChI is InChI=1S/C13H18Cl2N2O2/c1-13(2,4-3-5-18)8-17-12(19)9-6-10(14)11(15)16-7-9/h6-7,18H,3-5,8H2,1-2H3,(H,17,19). The van der Waals surface area contributed by atoms with Gasteiger partial charge in [-0.1, -0.05) is 37.0 Å². The van der Waals surface area contributed by atoms with E-state index in [4.69, 9.17) is 28.3 Å². The first-order valence-corrected chi connectivity index (χ1v) is 6.81. The number of aromatic nitrogens is 1. The number of pyridine rings is 1. The molecule has 4 nitrogen and oxygen atoms in total. The van der Waals surface area contributed by atoms with Crippen LogP contribution in [0.25, 0.3) is 0 Å². The molecule has 0 saturated heterocycles. The molecule has 1 aromatic rings. The molecule has 0 aliphatic heterocycles. The Morgan fingerprint density at radius 3 is 2.74 bits per heavy atom. The molecule has 1 amide bonds. The van der Waals surface area contributed by atoms with Crippen LogP contribution in [-0.4, -0.2) is 29.1 Å². The Morgan fingerprint density at radius 2 is 2.16 bits per heavy atom. The lowest BCUT2D eigenvalue weighted by molar-refractivity contribution is 0.0932. The van der Waals surface area contributed by atoms with Crippen molar-refractivity contribution in [3.63, 3.8) is 0 Å². The summed E-state index contributed by atoms with van der Waals surface area (Å²) >= 11 is 11.5. The van der Waals surface area contributed by atoms with E-state index in [1.807, 2.05) is 13.8 Å². The molecule has 0 spiro atoms. The topological polar surface area (TPSA) is 62.2 Å². The molecular weight excluding hydrogens is 287 g/mol. The fourth-order valence-corrected chi connectivity index (χ4v) is 1.88. The number of rotatable bonds is 6. The van der Waals surface area contributed by atoms with Gasteiger partial charge in [-0.2, -0.15) is 0 Å². The number of nitrogens with zero attached hydrogens (tertiary/aromatic N) is 1. The number of carbonyl (C=O) groups excluding carboxylic acids is 1. The summed E-state index contributed by atoms with van der Waals surface area (Å²) in [5.74, 6) is -0.233. The second-order valence-corrected chi connectivity index (χ2v) is 5.94. The van der Waals surface area contributed by atoms with Gasteiger partial charge in [-0.3, -0.25) is 4.79 Å². The van der Waals surface area contributed by atoms with E-state index in [0.29, 0.717) is 12.1 Å². The van der Waals surface area contributed by atoms with Gasteiger partial charge in [0.2, 0.25) is 0 Å². The van der Waals surface area contributed by atoms with Gasteiger partial charge in [0.1, 0.15) is 5.15 Å². The number of hydrogen-bond acceptors (Lipinski definition) is 3. The smallest absolute Gasteiger partial charge is 0.252 e. The van der Waals surface area contributed by atoms with E-state index in [1.54, 1.807) is 0 Å². The average Bonchev–Trinajstić information content (AvgIpc) is 2.37. The molecular formula is C13H18Cl2N2O2. The van der Waals surface area contributed by atoms with Crippen molar-refractivity contribution in [2.24, 2.45) is 5.41 Å². The second-order valence-electron chi connectivity index (χ2n) is 5.17. The monoisotopic (exact) mass is 304 g/mol. The lowest BCUT2D eigenvalue weighted by Crippen LogP contribution is -2.34. The van der Waals surface area contributed by atoms with Crippen molar-refractivity contribution in [1.82, 2.24) is 10.3 Å². The zero-order valence-corrected chi connectivity index (χ0v) is 12.6. The van der Waals surface area contributed by atoms with Crippen LogP contribution >= 0.6 is 23.2 Å². The summed E-state index contributed by atoms with van der Waals surface area (Å²) in [7, 11) is 0. The lowest BCUT2D eigenvalue weighted by atomic mass is 9.88. The van der Waals surface area contributed by atoms with Gasteiger partial charge < -0.3 is 10.4 Å². The number of carbonyl (C=O) groups is 1. The first-order valence-electron chi connectivity index (χ1n) is 6.06. The normalized spacial score (nSPS) is 11.4. The molecule has 0 aromatic carbocycles. The Morgan fingerprint density at radius 1 is 1.47 bits per heavy atom. The Bertz CT molecular complexity index is 450. The second kappa shape index (κ2) is 7.08. The highest BCUT2D eigenvalue weighted by atomic mass is 35.5. The average molecular weight is 305 g/mol. The molecule has 1 rings (SSSR count). The number of aliphatic hydroxyl groups is 1. The first kappa shape index (κ1) is 16.2. The fourth-order valence-electron chi connectivity index (χ4n) is 1.61. The van der Waals surface area contributed by atoms with E-state index in [2.05, 4.69) is 10.3 Å². The number of hydrogen-bond donors (Lipinski definition) is 2. The van der Waals surface area contributed by atoms with Crippen LogP contribution in [-0.2, 0) is 0 Å². The van der Waals surface area contributed by atoms with E-state index >= 15 is 0 Å². The third kappa shape index (κ3) is 5.35. The van der Waals surface area contributed by atoms with Crippen LogP contribution in [0, 0.1) is 5.41 Å². The zero-order chi connectivity index (χ0) is 14.5. The van der Waals surface area contributed by atoms with Crippen molar-refractivity contribution in [2.75, 3.05) is 13.2 Å². The van der Waals surface area contributed by atoms with Gasteiger partial charge in [-0.15, -0.1) is 0 Å². The first-order chi connectivity index (χ1) is 8.85. The molecule has 6 heteroatoms. The zero-order valence-electron chi connectivity index (χ0n) is 11.0. The van der Waals surface area contributed by atoms with Crippen molar-refractivity contribution < 1.29 is 9.90 Å². The predicted octanol–water partition coefficient (Wildman–Crippen LogP) is 2.92. The molecule has 106 valence electrons. The molecule has 0 radical (unpaired) electrons. The molecule has 0 bridgehead atoms. The summed E-state index contributed by atoms with van der Waals surface area (Å²) in [5, 5.41) is 12.1. The molecule has 0 saturated carbocycles. The van der Waals surface area contributed by atoms with Crippen LogP contribution in [0.5, 0.6) is 0 Å². The maximum atomic E-state index is 11.9. The summed E-state index contributed by atoms with van der Waals surface area (Å²) in [6.45, 7) is 4.76. The summed E-state index contributed by atoms with van der Waals surface area (Å²) < 4.78 is 0. The Kier molecular flexibility index (Phi) is 6.04. The summed E-state index contributed by atoms with van der Waals surface area (Å²) in [6.07, 6.45) is 2.95. The van der Waals surface area contributed by atoms with Crippen molar-refractivity contribution in [3.8, 4) is 0 Å². The Hall–Kier alpha value is -0.840. The Balaban J connectivity index is 2.57. The van der Waals surface area contributed by atoms with E-state index in [0.717, 1.165) is 12.8 Å². The van der Waals surface area contributed by atoms with Crippen LogP contribution < -0.4 is 5.32 Å². The molecule has 0 aliphatic carbocycles. The SMILES string of the molecule is CC(C)(CCCO)CNC(=O)c1cnc(Cl)c(Cl)c1. The largest absolute Gasteiger partial charge is 0.396 e. The minimum atomic E-state index is -0.233. The van der Waals surface area contributed by atoms with Gasteiger partial charge in [-0.25, -0.2) is 4.98 Å². The number of aliphatic hydroxyl groups excluding tert-OH is 1. The molecule has 0 unspecified atom stereocenters. The number of nitrogens with one attached hydrogen (secondary N) is 1. The maximum Gasteiger partial charge on any atom is 0.252 e. The molecule has 2 N–H and O–H groups in total. The quantitative estimate of drug-likeness (QED) is 0.794. The Labute approximate surface area is 123 Å². The molecule has 0 fully saturated rings. The van der Waals surface area contributed by atoms with Crippen LogP contribution in [0.4, 0.5) is 0 Å². The van der Waals surface area contributed by atoms with Crippen LogP contribution in [0.2, 0.25) is 10.2 Å². The minimum absolute atomic E-state index is 0.0674. The van der Waals surface area contributed by atoms with Crippen molar-refractivity contribution in [2.45, 2.75) is 26.7 Å². The third-order valence-electron chi connectivity index (χ3n) is 2.80. The van der Waals surface area contributed by atoms with E-state index in [9.17, 15) is 4.79 Å². The fraction of sp³-hybridized carbons (Fsp3) is 0.538. The predicted molar refractivity (Wildman–Crippen MR) is 76.7 cm³/mol. The maximum absolute atomic E-state index is 11.9. The summed E-state index contributed by atoms with van der Waals surface area (Å²) in [4.78, 5) is 15.8. The highest BCUT2D eigenvalue weighted by Crippen LogP contribution is 2.22. The molecule has 0 aliphatic rings. The minimum Gasteiger partial charge on any atom is -0.396 e. The molecule has 0 atom stereocenters. The third-order valence-corrected chi connectivity index (χ3v) is 3.48. The molecule has 19 heavy (non-hydrogen) atoms. The molecule has 1 aromatic heterocycles. The highest BCUT2D eigenvalue weighted by Gasteiger charge is 2.19. The van der Waals surface area contributed by atoms with Gasteiger partial charge in [-0.05, 0) is 24.3 Å². The van der Waals surface area contributed by atoms with Crippen molar-refractivity contribution in [1.29, 1.82) is 0 Å². The lowest BCUT2D eigenvalue weighted by Gasteiger charge is -2.24. The highest BCUT2D eigenvalue weighted by molar-refractivity contribution is 6.41.